The van der Waals surface area contributed by atoms with E-state index < -0.39 is 23.2 Å². The van der Waals surface area contributed by atoms with Crippen molar-refractivity contribution in [2.45, 2.75) is 18.9 Å². The van der Waals surface area contributed by atoms with Gasteiger partial charge in [0.05, 0.1) is 0 Å². The highest BCUT2D eigenvalue weighted by Crippen LogP contribution is 2.35. The molecule has 3 aromatic rings. The fourth-order valence-corrected chi connectivity index (χ4v) is 3.85. The van der Waals surface area contributed by atoms with Gasteiger partial charge in [-0.25, -0.2) is 0 Å². The molecule has 0 spiro atoms. The van der Waals surface area contributed by atoms with E-state index in [-0.39, 0.29) is 17.5 Å². The van der Waals surface area contributed by atoms with Gasteiger partial charge in [0.25, 0.3) is 11.8 Å². The summed E-state index contributed by atoms with van der Waals surface area (Å²) in [5.41, 5.74) is 2.82. The Labute approximate surface area is 185 Å². The first-order valence-electron chi connectivity index (χ1n) is 10.4. The summed E-state index contributed by atoms with van der Waals surface area (Å²) < 4.78 is 0. The van der Waals surface area contributed by atoms with Crippen molar-refractivity contribution in [2.24, 2.45) is 0 Å². The lowest BCUT2D eigenvalue weighted by molar-refractivity contribution is 0.0698. The Kier molecular flexibility index (Phi) is 5.98. The average molecular weight is 432 g/mol. The molecule has 0 aromatic heterocycles. The quantitative estimate of drug-likeness (QED) is 0.472. The smallest absolute Gasteiger partial charge is 0.253 e. The van der Waals surface area contributed by atoms with Crippen molar-refractivity contribution in [3.63, 3.8) is 0 Å². The summed E-state index contributed by atoms with van der Waals surface area (Å²) in [5, 5.41) is 31.4. The van der Waals surface area contributed by atoms with Crippen molar-refractivity contribution >= 4 is 11.8 Å². The highest BCUT2D eigenvalue weighted by Gasteiger charge is 2.25. The zero-order valence-corrected chi connectivity index (χ0v) is 17.4. The van der Waals surface area contributed by atoms with E-state index in [1.165, 1.54) is 0 Å². The number of hydrogen-bond acceptors (Lipinski definition) is 5. The maximum absolute atomic E-state index is 12.9. The second-order valence-corrected chi connectivity index (χ2v) is 7.85. The molecule has 0 saturated carbocycles. The molecule has 4 rings (SSSR count). The van der Waals surface area contributed by atoms with Gasteiger partial charge in [-0.2, -0.15) is 0 Å². The van der Waals surface area contributed by atoms with Crippen LogP contribution >= 0.6 is 0 Å². The second-order valence-electron chi connectivity index (χ2n) is 7.85. The molecule has 0 aliphatic carbocycles. The second kappa shape index (κ2) is 9.01. The third-order valence-corrected chi connectivity index (χ3v) is 5.69. The minimum absolute atomic E-state index is 0.0391. The number of piperidine rings is 1. The molecular formula is C25H24N2O5. The summed E-state index contributed by atoms with van der Waals surface area (Å²) in [7, 11) is 0. The fraction of sp³-hybridized carbons (Fsp3) is 0.200. The van der Waals surface area contributed by atoms with Crippen LogP contribution in [0, 0.1) is 0 Å². The molecule has 1 aliphatic rings. The van der Waals surface area contributed by atoms with Crippen LogP contribution in [0.25, 0.3) is 11.1 Å². The number of likely N-dealkylation sites (tertiary alicyclic amines) is 1. The topological polar surface area (TPSA) is 110 Å². The van der Waals surface area contributed by atoms with Crippen LogP contribution < -0.4 is 5.32 Å². The van der Waals surface area contributed by atoms with E-state index in [1.54, 1.807) is 4.90 Å². The number of nitrogens with one attached hydrogen (secondary N) is 1. The van der Waals surface area contributed by atoms with Gasteiger partial charge < -0.3 is 25.5 Å². The van der Waals surface area contributed by atoms with Gasteiger partial charge in [0.2, 0.25) is 0 Å². The van der Waals surface area contributed by atoms with Crippen molar-refractivity contribution in [3.05, 3.63) is 77.9 Å². The molecule has 1 saturated heterocycles. The van der Waals surface area contributed by atoms with Gasteiger partial charge >= 0.3 is 0 Å². The van der Waals surface area contributed by atoms with Crippen LogP contribution in [-0.4, -0.2) is 51.2 Å². The molecule has 32 heavy (non-hydrogen) atoms. The van der Waals surface area contributed by atoms with Gasteiger partial charge in [-0.05, 0) is 48.2 Å². The van der Waals surface area contributed by atoms with Crippen molar-refractivity contribution < 1.29 is 24.9 Å². The first-order chi connectivity index (χ1) is 15.4. The van der Waals surface area contributed by atoms with Crippen LogP contribution in [0.2, 0.25) is 0 Å². The molecule has 2 amide bonds. The minimum atomic E-state index is -0.662. The van der Waals surface area contributed by atoms with Gasteiger partial charge in [-0.15, -0.1) is 0 Å². The van der Waals surface area contributed by atoms with Crippen LogP contribution in [0.4, 0.5) is 0 Å². The van der Waals surface area contributed by atoms with Gasteiger partial charge in [0.1, 0.15) is 0 Å². The van der Waals surface area contributed by atoms with E-state index in [1.807, 2.05) is 54.6 Å². The molecule has 0 bridgehead atoms. The van der Waals surface area contributed by atoms with E-state index in [4.69, 9.17) is 0 Å². The van der Waals surface area contributed by atoms with E-state index in [9.17, 15) is 24.9 Å². The highest BCUT2D eigenvalue weighted by atomic mass is 16.3. The Morgan fingerprint density at radius 1 is 0.781 bits per heavy atom. The lowest BCUT2D eigenvalue weighted by Gasteiger charge is -2.32. The summed E-state index contributed by atoms with van der Waals surface area (Å²) in [6.45, 7) is 1.02. The SMILES string of the molecule is O=C(NC1CCN(C(=O)c2ccc(-c3ccccc3)cc2)CC1)c1cc(O)c(O)c(O)c1. The van der Waals surface area contributed by atoms with Crippen molar-refractivity contribution in [1.82, 2.24) is 10.2 Å². The molecule has 4 N–H and O–H groups in total. The standard InChI is InChI=1S/C25H24N2O5/c28-21-14-19(15-22(29)23(21)30)24(31)26-20-10-12-27(13-11-20)25(32)18-8-6-17(7-9-18)16-4-2-1-3-5-16/h1-9,14-15,20,28-30H,10-13H2,(H,26,31). The Balaban J connectivity index is 1.33. The number of aromatic hydroxyl groups is 3. The van der Waals surface area contributed by atoms with E-state index >= 15 is 0 Å². The first kappa shape index (κ1) is 21.2. The van der Waals surface area contributed by atoms with Crippen LogP contribution in [0.3, 0.4) is 0 Å². The number of benzene rings is 3. The predicted octanol–water partition coefficient (Wildman–Crippen LogP) is 3.51. The Morgan fingerprint density at radius 3 is 1.94 bits per heavy atom. The van der Waals surface area contributed by atoms with Gasteiger partial charge in [-0.3, -0.25) is 9.59 Å². The Hall–Kier alpha value is -4.00. The van der Waals surface area contributed by atoms with Gasteiger partial charge in [-0.1, -0.05) is 42.5 Å². The zero-order valence-electron chi connectivity index (χ0n) is 17.4. The van der Waals surface area contributed by atoms with Crippen LogP contribution in [0.1, 0.15) is 33.6 Å². The molecule has 0 unspecified atom stereocenters. The maximum Gasteiger partial charge on any atom is 0.253 e. The molecule has 0 radical (unpaired) electrons. The minimum Gasteiger partial charge on any atom is -0.504 e. The normalized spacial score (nSPS) is 14.2. The summed E-state index contributed by atoms with van der Waals surface area (Å²) >= 11 is 0. The van der Waals surface area contributed by atoms with Gasteiger partial charge in [0, 0.05) is 30.3 Å². The molecule has 1 heterocycles. The predicted molar refractivity (Wildman–Crippen MR) is 120 cm³/mol. The molecule has 7 nitrogen and oxygen atoms in total. The zero-order chi connectivity index (χ0) is 22.7. The van der Waals surface area contributed by atoms with Crippen LogP contribution in [0.5, 0.6) is 17.2 Å². The fourth-order valence-electron chi connectivity index (χ4n) is 3.85. The van der Waals surface area contributed by atoms with E-state index in [2.05, 4.69) is 5.32 Å². The average Bonchev–Trinajstić information content (AvgIpc) is 2.83. The molecule has 0 atom stereocenters. The third-order valence-electron chi connectivity index (χ3n) is 5.69. The lowest BCUT2D eigenvalue weighted by Crippen LogP contribution is -2.46. The summed E-state index contributed by atoms with van der Waals surface area (Å²) in [4.78, 5) is 27.1. The molecule has 3 aromatic carbocycles. The summed E-state index contributed by atoms with van der Waals surface area (Å²) in [5.74, 6) is -2.28. The number of amides is 2. The van der Waals surface area contributed by atoms with Crippen molar-refractivity contribution in [2.75, 3.05) is 13.1 Å². The molecule has 1 aliphatic heterocycles. The van der Waals surface area contributed by atoms with E-state index in [0.29, 0.717) is 31.5 Å². The number of rotatable bonds is 4. The maximum atomic E-state index is 12.9. The number of phenolic OH excluding ortho intramolecular Hbond substituents is 3. The molecule has 7 heteroatoms. The van der Waals surface area contributed by atoms with Crippen molar-refractivity contribution in [1.29, 1.82) is 0 Å². The number of hydrogen-bond donors (Lipinski definition) is 4. The molecule has 1 fully saturated rings. The number of phenols is 3. The van der Waals surface area contributed by atoms with Gasteiger partial charge in [0.15, 0.2) is 17.2 Å². The molecule has 164 valence electrons. The largest absolute Gasteiger partial charge is 0.504 e. The van der Waals surface area contributed by atoms with Crippen LogP contribution in [0.15, 0.2) is 66.7 Å². The third kappa shape index (κ3) is 4.51. The summed E-state index contributed by atoms with van der Waals surface area (Å²) in [6.07, 6.45) is 1.19. The number of carbonyl (C=O) groups is 2. The number of carbonyl (C=O) groups excluding carboxylic acids is 2. The highest BCUT2D eigenvalue weighted by molar-refractivity contribution is 5.96. The monoisotopic (exact) mass is 432 g/mol. The Bertz CT molecular complexity index is 1100. The van der Waals surface area contributed by atoms with Crippen LogP contribution in [-0.2, 0) is 0 Å². The molecular weight excluding hydrogens is 408 g/mol. The first-order valence-corrected chi connectivity index (χ1v) is 10.4. The van der Waals surface area contributed by atoms with E-state index in [0.717, 1.165) is 23.3 Å². The lowest BCUT2D eigenvalue weighted by atomic mass is 10.0. The Morgan fingerprint density at radius 2 is 1.34 bits per heavy atom. The summed E-state index contributed by atoms with van der Waals surface area (Å²) in [6, 6.07) is 19.6. The number of nitrogens with zero attached hydrogens (tertiary/aromatic N) is 1. The van der Waals surface area contributed by atoms with Crippen molar-refractivity contribution in [3.8, 4) is 28.4 Å².